The Morgan fingerprint density at radius 2 is 1.68 bits per heavy atom. The Kier molecular flexibility index (Phi) is 5.15. The summed E-state index contributed by atoms with van der Waals surface area (Å²) >= 11 is 0. The van der Waals surface area contributed by atoms with Crippen LogP contribution in [0.4, 0.5) is 11.4 Å². The number of anilines is 2. The number of benzene rings is 2. The highest BCUT2D eigenvalue weighted by atomic mass is 16.2. The molecule has 0 spiro atoms. The van der Waals surface area contributed by atoms with E-state index < -0.39 is 0 Å². The molecule has 140 valence electrons. The minimum absolute atomic E-state index is 0.0701. The average Bonchev–Trinajstić information content (AvgIpc) is 3.16. The van der Waals surface area contributed by atoms with Crippen molar-refractivity contribution in [2.24, 2.45) is 0 Å². The average molecular weight is 371 g/mol. The number of nitrogens with zero attached hydrogens (tertiary/aromatic N) is 2. The Labute approximate surface area is 164 Å². The third kappa shape index (κ3) is 3.93. The Balaban J connectivity index is 1.48. The predicted octanol–water partition coefficient (Wildman–Crippen LogP) is 4.05. The van der Waals surface area contributed by atoms with Crippen LogP contribution in [-0.2, 0) is 11.2 Å². The van der Waals surface area contributed by atoms with E-state index in [1.165, 1.54) is 5.56 Å². The standard InChI is InChI=1S/C23H21N3O2/c27-22-6-3-15-26(22)21-5-2-1-4-20(21)23(28)25-19-9-7-17(8-10-19)16-18-11-13-24-14-12-18/h1-2,4-5,7-14H,3,6,15-16H2,(H,25,28). The number of para-hydroxylation sites is 1. The molecule has 1 N–H and O–H groups in total. The van der Waals surface area contributed by atoms with E-state index in [1.807, 2.05) is 54.6 Å². The van der Waals surface area contributed by atoms with Crippen molar-refractivity contribution in [3.63, 3.8) is 0 Å². The van der Waals surface area contributed by atoms with Crippen LogP contribution in [-0.4, -0.2) is 23.3 Å². The van der Waals surface area contributed by atoms with E-state index in [9.17, 15) is 9.59 Å². The Hall–Kier alpha value is -3.47. The number of aromatic nitrogens is 1. The van der Waals surface area contributed by atoms with Crippen LogP contribution < -0.4 is 10.2 Å². The molecule has 4 rings (SSSR count). The van der Waals surface area contributed by atoms with Gasteiger partial charge in [-0.25, -0.2) is 0 Å². The van der Waals surface area contributed by atoms with Gasteiger partial charge in [0.25, 0.3) is 5.91 Å². The summed E-state index contributed by atoms with van der Waals surface area (Å²) in [4.78, 5) is 30.6. The van der Waals surface area contributed by atoms with E-state index >= 15 is 0 Å². The zero-order valence-corrected chi connectivity index (χ0v) is 15.5. The SMILES string of the molecule is O=C(Nc1ccc(Cc2ccncc2)cc1)c1ccccc1N1CCCC1=O. The van der Waals surface area contributed by atoms with Gasteiger partial charge < -0.3 is 10.2 Å². The topological polar surface area (TPSA) is 62.3 Å². The molecule has 2 amide bonds. The summed E-state index contributed by atoms with van der Waals surface area (Å²) in [6.45, 7) is 0.660. The monoisotopic (exact) mass is 371 g/mol. The van der Waals surface area contributed by atoms with Crippen molar-refractivity contribution < 1.29 is 9.59 Å². The molecule has 1 aliphatic rings. The minimum Gasteiger partial charge on any atom is -0.322 e. The third-order valence-corrected chi connectivity index (χ3v) is 4.88. The maximum absolute atomic E-state index is 12.8. The summed E-state index contributed by atoms with van der Waals surface area (Å²) in [5, 5.41) is 2.94. The van der Waals surface area contributed by atoms with Gasteiger partial charge in [0, 0.05) is 31.0 Å². The van der Waals surface area contributed by atoms with E-state index in [4.69, 9.17) is 0 Å². The van der Waals surface area contributed by atoms with Gasteiger partial charge in [-0.3, -0.25) is 14.6 Å². The molecule has 0 aliphatic carbocycles. The lowest BCUT2D eigenvalue weighted by atomic mass is 10.1. The fourth-order valence-corrected chi connectivity index (χ4v) is 3.44. The second kappa shape index (κ2) is 8.05. The molecule has 3 aromatic rings. The van der Waals surface area contributed by atoms with Gasteiger partial charge >= 0.3 is 0 Å². The maximum Gasteiger partial charge on any atom is 0.257 e. The number of hydrogen-bond acceptors (Lipinski definition) is 3. The lowest BCUT2D eigenvalue weighted by Crippen LogP contribution is -2.27. The molecule has 5 nitrogen and oxygen atoms in total. The summed E-state index contributed by atoms with van der Waals surface area (Å²) < 4.78 is 0. The van der Waals surface area contributed by atoms with Gasteiger partial charge in [0.15, 0.2) is 0 Å². The first-order valence-corrected chi connectivity index (χ1v) is 9.39. The molecule has 0 saturated carbocycles. The number of amides is 2. The number of pyridine rings is 1. The first-order valence-electron chi connectivity index (χ1n) is 9.39. The van der Waals surface area contributed by atoms with Crippen LogP contribution in [0.15, 0.2) is 73.1 Å². The van der Waals surface area contributed by atoms with Gasteiger partial charge in [0.05, 0.1) is 11.3 Å². The quantitative estimate of drug-likeness (QED) is 0.736. The van der Waals surface area contributed by atoms with Crippen molar-refractivity contribution >= 4 is 23.2 Å². The van der Waals surface area contributed by atoms with Crippen LogP contribution in [0.5, 0.6) is 0 Å². The second-order valence-corrected chi connectivity index (χ2v) is 6.85. The Morgan fingerprint density at radius 1 is 0.964 bits per heavy atom. The van der Waals surface area contributed by atoms with Gasteiger partial charge in [-0.05, 0) is 60.4 Å². The molecule has 1 fully saturated rings. The highest BCUT2D eigenvalue weighted by Gasteiger charge is 2.25. The second-order valence-electron chi connectivity index (χ2n) is 6.85. The summed E-state index contributed by atoms with van der Waals surface area (Å²) in [5.74, 6) is -0.141. The number of carbonyl (C=O) groups is 2. The number of rotatable bonds is 5. The molecule has 1 saturated heterocycles. The van der Waals surface area contributed by atoms with Gasteiger partial charge in [-0.1, -0.05) is 24.3 Å². The normalized spacial score (nSPS) is 13.6. The summed E-state index contributed by atoms with van der Waals surface area (Å²) in [5.41, 5.74) is 4.27. The molecule has 0 unspecified atom stereocenters. The molecule has 0 bridgehead atoms. The van der Waals surface area contributed by atoms with Crippen LogP contribution in [0.25, 0.3) is 0 Å². The van der Waals surface area contributed by atoms with Gasteiger partial charge in [0.2, 0.25) is 5.91 Å². The van der Waals surface area contributed by atoms with Crippen molar-refractivity contribution in [1.82, 2.24) is 4.98 Å². The van der Waals surface area contributed by atoms with Crippen LogP contribution >= 0.6 is 0 Å². The molecular formula is C23H21N3O2. The van der Waals surface area contributed by atoms with Crippen molar-refractivity contribution in [3.8, 4) is 0 Å². The van der Waals surface area contributed by atoms with Crippen molar-refractivity contribution in [3.05, 3.63) is 89.7 Å². The Morgan fingerprint density at radius 3 is 2.39 bits per heavy atom. The molecule has 2 aromatic carbocycles. The molecule has 0 radical (unpaired) electrons. The third-order valence-electron chi connectivity index (χ3n) is 4.88. The fourth-order valence-electron chi connectivity index (χ4n) is 3.44. The van der Waals surface area contributed by atoms with Crippen molar-refractivity contribution in [2.75, 3.05) is 16.8 Å². The molecule has 1 aromatic heterocycles. The lowest BCUT2D eigenvalue weighted by Gasteiger charge is -2.19. The summed E-state index contributed by atoms with van der Waals surface area (Å²) in [6.07, 6.45) is 5.75. The number of carbonyl (C=O) groups excluding carboxylic acids is 2. The first-order chi connectivity index (χ1) is 13.7. The van der Waals surface area contributed by atoms with Crippen LogP contribution in [0, 0.1) is 0 Å². The van der Waals surface area contributed by atoms with E-state index in [-0.39, 0.29) is 11.8 Å². The summed E-state index contributed by atoms with van der Waals surface area (Å²) in [6, 6.07) is 19.1. The van der Waals surface area contributed by atoms with Gasteiger partial charge in [-0.15, -0.1) is 0 Å². The highest BCUT2D eigenvalue weighted by Crippen LogP contribution is 2.26. The predicted molar refractivity (Wildman–Crippen MR) is 109 cm³/mol. The number of hydrogen-bond donors (Lipinski definition) is 1. The van der Waals surface area contributed by atoms with Crippen LogP contribution in [0.1, 0.15) is 34.3 Å². The first kappa shape index (κ1) is 17.9. The smallest absolute Gasteiger partial charge is 0.257 e. The minimum atomic E-state index is -0.211. The zero-order valence-electron chi connectivity index (χ0n) is 15.5. The largest absolute Gasteiger partial charge is 0.322 e. The zero-order chi connectivity index (χ0) is 19.3. The molecule has 0 atom stereocenters. The van der Waals surface area contributed by atoms with E-state index in [1.54, 1.807) is 23.4 Å². The van der Waals surface area contributed by atoms with E-state index in [2.05, 4.69) is 10.3 Å². The van der Waals surface area contributed by atoms with Crippen molar-refractivity contribution in [1.29, 1.82) is 0 Å². The van der Waals surface area contributed by atoms with Gasteiger partial charge in [0.1, 0.15) is 0 Å². The van der Waals surface area contributed by atoms with E-state index in [0.717, 1.165) is 24.1 Å². The fraction of sp³-hybridized carbons (Fsp3) is 0.174. The Bertz CT molecular complexity index is 984. The number of nitrogens with one attached hydrogen (secondary N) is 1. The lowest BCUT2D eigenvalue weighted by molar-refractivity contribution is -0.117. The summed E-state index contributed by atoms with van der Waals surface area (Å²) in [7, 11) is 0. The highest BCUT2D eigenvalue weighted by molar-refractivity contribution is 6.11. The van der Waals surface area contributed by atoms with E-state index in [0.29, 0.717) is 24.2 Å². The molecular weight excluding hydrogens is 350 g/mol. The van der Waals surface area contributed by atoms with Crippen molar-refractivity contribution in [2.45, 2.75) is 19.3 Å². The molecule has 1 aliphatic heterocycles. The molecule has 2 heterocycles. The van der Waals surface area contributed by atoms with Gasteiger partial charge in [-0.2, -0.15) is 0 Å². The van der Waals surface area contributed by atoms with Crippen LogP contribution in [0.2, 0.25) is 0 Å². The molecule has 28 heavy (non-hydrogen) atoms. The molecule has 5 heteroatoms. The van der Waals surface area contributed by atoms with Crippen LogP contribution in [0.3, 0.4) is 0 Å². The maximum atomic E-state index is 12.8.